The van der Waals surface area contributed by atoms with Crippen LogP contribution in [0.1, 0.15) is 5.76 Å². The van der Waals surface area contributed by atoms with Gasteiger partial charge in [-0.25, -0.2) is 0 Å². The second-order valence-electron chi connectivity index (χ2n) is 3.00. The average Bonchev–Trinajstić information content (AvgIpc) is 2.70. The fourth-order valence-corrected chi connectivity index (χ4v) is 1.59. The highest BCUT2D eigenvalue weighted by molar-refractivity contribution is 9.10. The lowest BCUT2D eigenvalue weighted by atomic mass is 10.1. The van der Waals surface area contributed by atoms with Crippen molar-refractivity contribution in [1.82, 2.24) is 5.16 Å². The second-order valence-corrected chi connectivity index (χ2v) is 3.91. The quantitative estimate of drug-likeness (QED) is 0.878. The van der Waals surface area contributed by atoms with Crippen LogP contribution in [0.15, 0.2) is 33.3 Å². The molecule has 0 atom stereocenters. The monoisotopic (exact) mass is 269 g/mol. The Labute approximate surface area is 94.3 Å². The molecule has 1 heterocycles. The van der Waals surface area contributed by atoms with Gasteiger partial charge in [-0.15, -0.1) is 0 Å². The first-order valence-electron chi connectivity index (χ1n) is 4.26. The van der Waals surface area contributed by atoms with E-state index in [2.05, 4.69) is 21.1 Å². The zero-order valence-electron chi connectivity index (χ0n) is 7.64. The van der Waals surface area contributed by atoms with Gasteiger partial charge in [0, 0.05) is 16.1 Å². The molecule has 0 spiro atoms. The normalized spacial score (nSPS) is 10.5. The number of benzene rings is 1. The van der Waals surface area contributed by atoms with Crippen LogP contribution < -0.4 is 0 Å². The lowest BCUT2D eigenvalue weighted by Gasteiger charge is -2.00. The van der Waals surface area contributed by atoms with Crippen molar-refractivity contribution in [3.8, 4) is 17.0 Å². The number of aromatic nitrogens is 1. The Morgan fingerprint density at radius 3 is 2.80 bits per heavy atom. The number of hydrogen-bond donors (Lipinski definition) is 2. The fraction of sp³-hybridized carbons (Fsp3) is 0.100. The number of hydrogen-bond acceptors (Lipinski definition) is 4. The number of aromatic hydroxyl groups is 1. The van der Waals surface area contributed by atoms with Crippen LogP contribution in [-0.4, -0.2) is 15.4 Å². The van der Waals surface area contributed by atoms with Gasteiger partial charge in [0.2, 0.25) is 0 Å². The third-order valence-electron chi connectivity index (χ3n) is 1.95. The molecule has 2 rings (SSSR count). The molecule has 0 radical (unpaired) electrons. The molecule has 5 heteroatoms. The second kappa shape index (κ2) is 4.04. The zero-order valence-corrected chi connectivity index (χ0v) is 9.23. The van der Waals surface area contributed by atoms with Gasteiger partial charge >= 0.3 is 0 Å². The minimum Gasteiger partial charge on any atom is -0.507 e. The fourth-order valence-electron chi connectivity index (χ4n) is 1.23. The zero-order chi connectivity index (χ0) is 10.8. The average molecular weight is 270 g/mol. The van der Waals surface area contributed by atoms with Gasteiger partial charge in [-0.05, 0) is 18.2 Å². The number of aliphatic hydroxyl groups excluding tert-OH is 1. The van der Waals surface area contributed by atoms with E-state index in [9.17, 15) is 5.11 Å². The lowest BCUT2D eigenvalue weighted by molar-refractivity contribution is 0.229. The molecule has 0 aliphatic heterocycles. The summed E-state index contributed by atoms with van der Waals surface area (Å²) < 4.78 is 5.67. The lowest BCUT2D eigenvalue weighted by Crippen LogP contribution is -1.79. The van der Waals surface area contributed by atoms with E-state index in [1.807, 2.05) is 0 Å². The van der Waals surface area contributed by atoms with Gasteiger partial charge in [0.1, 0.15) is 18.1 Å². The van der Waals surface area contributed by atoms with Crippen LogP contribution in [0.25, 0.3) is 11.3 Å². The van der Waals surface area contributed by atoms with Crippen LogP contribution in [0.4, 0.5) is 0 Å². The molecule has 0 fully saturated rings. The highest BCUT2D eigenvalue weighted by atomic mass is 79.9. The van der Waals surface area contributed by atoms with E-state index in [1.165, 1.54) is 0 Å². The van der Waals surface area contributed by atoms with E-state index in [4.69, 9.17) is 9.63 Å². The van der Waals surface area contributed by atoms with E-state index in [-0.39, 0.29) is 12.4 Å². The Morgan fingerprint density at radius 2 is 2.13 bits per heavy atom. The first-order valence-corrected chi connectivity index (χ1v) is 5.05. The van der Waals surface area contributed by atoms with Gasteiger partial charge in [0.05, 0.1) is 0 Å². The molecule has 1 aromatic heterocycles. The summed E-state index contributed by atoms with van der Waals surface area (Å²) in [4.78, 5) is 0. The molecule has 0 amide bonds. The van der Waals surface area contributed by atoms with E-state index in [1.54, 1.807) is 24.3 Å². The van der Waals surface area contributed by atoms with Crippen molar-refractivity contribution in [2.24, 2.45) is 0 Å². The van der Waals surface area contributed by atoms with Gasteiger partial charge in [0.15, 0.2) is 5.76 Å². The number of halogens is 1. The standard InChI is InChI=1S/C10H8BrNO3/c11-6-1-2-10(14)8(3-6)9-4-7(5-13)15-12-9/h1-4,13-14H,5H2. The Balaban J connectivity index is 2.48. The summed E-state index contributed by atoms with van der Waals surface area (Å²) in [5.41, 5.74) is 1.06. The summed E-state index contributed by atoms with van der Waals surface area (Å²) in [6, 6.07) is 6.61. The number of phenolic OH excluding ortho intramolecular Hbond substituents is 1. The summed E-state index contributed by atoms with van der Waals surface area (Å²) in [7, 11) is 0. The molecule has 2 aromatic rings. The molecular weight excluding hydrogens is 262 g/mol. The predicted molar refractivity (Wildman–Crippen MR) is 57.2 cm³/mol. The van der Waals surface area contributed by atoms with Gasteiger partial charge in [-0.3, -0.25) is 0 Å². The minimum atomic E-state index is -0.207. The van der Waals surface area contributed by atoms with Crippen molar-refractivity contribution in [2.45, 2.75) is 6.61 Å². The Kier molecular flexibility index (Phi) is 2.75. The van der Waals surface area contributed by atoms with Crippen molar-refractivity contribution >= 4 is 15.9 Å². The molecule has 0 saturated carbocycles. The molecule has 0 aliphatic rings. The van der Waals surface area contributed by atoms with Crippen LogP contribution in [0, 0.1) is 0 Å². The van der Waals surface area contributed by atoms with E-state index in [0.717, 1.165) is 4.47 Å². The maximum Gasteiger partial charge on any atom is 0.162 e. The Hall–Kier alpha value is -1.33. The van der Waals surface area contributed by atoms with Gasteiger partial charge in [0.25, 0.3) is 0 Å². The van der Waals surface area contributed by atoms with Crippen LogP contribution in [-0.2, 0) is 6.61 Å². The van der Waals surface area contributed by atoms with Crippen molar-refractivity contribution in [2.75, 3.05) is 0 Å². The van der Waals surface area contributed by atoms with Crippen LogP contribution >= 0.6 is 15.9 Å². The predicted octanol–water partition coefficient (Wildman–Crippen LogP) is 2.30. The number of nitrogens with zero attached hydrogens (tertiary/aromatic N) is 1. The SMILES string of the molecule is OCc1cc(-c2cc(Br)ccc2O)no1. The molecule has 0 unspecified atom stereocenters. The molecule has 0 bridgehead atoms. The summed E-state index contributed by atoms with van der Waals surface area (Å²) in [5.74, 6) is 0.486. The number of phenols is 1. The maximum atomic E-state index is 9.61. The van der Waals surface area contributed by atoms with Gasteiger partial charge < -0.3 is 14.7 Å². The number of rotatable bonds is 2. The van der Waals surface area contributed by atoms with E-state index >= 15 is 0 Å². The third-order valence-corrected chi connectivity index (χ3v) is 2.44. The highest BCUT2D eigenvalue weighted by Gasteiger charge is 2.10. The topological polar surface area (TPSA) is 66.5 Å². The Bertz CT molecular complexity index is 481. The molecule has 4 nitrogen and oxygen atoms in total. The first-order chi connectivity index (χ1) is 7.20. The first kappa shape index (κ1) is 10.2. The summed E-state index contributed by atoms with van der Waals surface area (Å²) in [6.07, 6.45) is 0. The van der Waals surface area contributed by atoms with Crippen molar-refractivity contribution in [3.63, 3.8) is 0 Å². The Morgan fingerprint density at radius 1 is 1.33 bits per heavy atom. The summed E-state index contributed by atoms with van der Waals surface area (Å²) in [5, 5.41) is 22.2. The third kappa shape index (κ3) is 2.03. The molecule has 0 aliphatic carbocycles. The highest BCUT2D eigenvalue weighted by Crippen LogP contribution is 2.31. The van der Waals surface area contributed by atoms with Crippen LogP contribution in [0.2, 0.25) is 0 Å². The molecule has 0 saturated heterocycles. The van der Waals surface area contributed by atoms with Crippen molar-refractivity contribution < 1.29 is 14.7 Å². The van der Waals surface area contributed by atoms with Crippen LogP contribution in [0.3, 0.4) is 0 Å². The molecule has 1 aromatic carbocycles. The maximum absolute atomic E-state index is 9.61. The van der Waals surface area contributed by atoms with E-state index < -0.39 is 0 Å². The van der Waals surface area contributed by atoms with Crippen molar-refractivity contribution in [1.29, 1.82) is 0 Å². The smallest absolute Gasteiger partial charge is 0.162 e. The van der Waals surface area contributed by atoms with E-state index in [0.29, 0.717) is 17.0 Å². The van der Waals surface area contributed by atoms with Crippen LogP contribution in [0.5, 0.6) is 5.75 Å². The number of aliphatic hydroxyl groups is 1. The largest absolute Gasteiger partial charge is 0.507 e. The molecule has 2 N–H and O–H groups in total. The molecule has 78 valence electrons. The molecule has 15 heavy (non-hydrogen) atoms. The minimum absolute atomic E-state index is 0.121. The van der Waals surface area contributed by atoms with Gasteiger partial charge in [-0.1, -0.05) is 21.1 Å². The summed E-state index contributed by atoms with van der Waals surface area (Å²) in [6.45, 7) is -0.207. The van der Waals surface area contributed by atoms with Crippen molar-refractivity contribution in [3.05, 3.63) is 34.5 Å². The summed E-state index contributed by atoms with van der Waals surface area (Å²) >= 11 is 3.30. The molecular formula is C10H8BrNO3. The van der Waals surface area contributed by atoms with Gasteiger partial charge in [-0.2, -0.15) is 0 Å².